The summed E-state index contributed by atoms with van der Waals surface area (Å²) in [6, 6.07) is 5.98. The van der Waals surface area contributed by atoms with Gasteiger partial charge in [-0.05, 0) is 23.0 Å². The molecule has 2 heterocycles. The van der Waals surface area contributed by atoms with E-state index in [2.05, 4.69) is 41.5 Å². The molecule has 0 N–H and O–H groups in total. The lowest BCUT2D eigenvalue weighted by Crippen LogP contribution is -2.35. The van der Waals surface area contributed by atoms with Crippen LogP contribution in [0.15, 0.2) is 18.2 Å². The van der Waals surface area contributed by atoms with Gasteiger partial charge < -0.3 is 23.7 Å². The van der Waals surface area contributed by atoms with Crippen LogP contribution in [0.2, 0.25) is 0 Å². The molecule has 0 radical (unpaired) electrons. The number of rotatable bonds is 0. The van der Waals surface area contributed by atoms with E-state index in [0.29, 0.717) is 52.9 Å². The van der Waals surface area contributed by atoms with Gasteiger partial charge in [0.1, 0.15) is 0 Å². The highest BCUT2D eigenvalue weighted by atomic mass is 16.6. The first-order valence-corrected chi connectivity index (χ1v) is 10.6. The lowest BCUT2D eigenvalue weighted by molar-refractivity contribution is -0.0943. The quantitative estimate of drug-likeness (QED) is 0.645. The summed E-state index contributed by atoms with van der Waals surface area (Å²) >= 11 is 0. The first-order chi connectivity index (χ1) is 13.7. The molecule has 0 saturated carbocycles. The molecule has 29 heavy (non-hydrogen) atoms. The lowest BCUT2D eigenvalue weighted by Gasteiger charge is -2.31. The van der Waals surface area contributed by atoms with Gasteiger partial charge in [-0.15, -0.1) is 0 Å². The number of nitrogens with zero attached hydrogens (tertiary/aromatic N) is 1. The van der Waals surface area contributed by atoms with Gasteiger partial charge in [0.05, 0.1) is 76.5 Å². The van der Waals surface area contributed by atoms with Crippen molar-refractivity contribution >= 4 is 0 Å². The predicted octanol–water partition coefficient (Wildman–Crippen LogP) is 4.01. The Balaban J connectivity index is 2.09. The minimum atomic E-state index is -0.0316. The van der Waals surface area contributed by atoms with E-state index >= 15 is 0 Å². The first-order valence-electron chi connectivity index (χ1n) is 10.6. The van der Waals surface area contributed by atoms with E-state index in [1.807, 2.05) is 18.2 Å². The summed E-state index contributed by atoms with van der Waals surface area (Å²) < 4.78 is 29.6. The highest BCUT2D eigenvalue weighted by molar-refractivity contribution is 5.10. The van der Waals surface area contributed by atoms with Crippen LogP contribution in [0.5, 0.6) is 0 Å². The molecule has 6 heteroatoms. The molecule has 2 atom stereocenters. The molecule has 166 valence electrons. The van der Waals surface area contributed by atoms with Crippen molar-refractivity contribution in [2.75, 3.05) is 39.6 Å². The third kappa shape index (κ3) is 9.09. The fraction of sp³-hybridized carbons (Fsp3) is 0.783. The normalized spacial score (nSPS) is 24.5. The predicted molar refractivity (Wildman–Crippen MR) is 113 cm³/mol. The number of fused-ring (bicyclic) bond motifs is 2. The van der Waals surface area contributed by atoms with Gasteiger partial charge in [0, 0.05) is 0 Å². The Hall–Kier alpha value is -1.05. The van der Waals surface area contributed by atoms with Gasteiger partial charge in [0.25, 0.3) is 0 Å². The minimum absolute atomic E-state index is 0.0308. The summed E-state index contributed by atoms with van der Waals surface area (Å²) in [7, 11) is 0. The highest BCUT2D eigenvalue weighted by Gasteiger charge is 2.27. The fourth-order valence-electron chi connectivity index (χ4n) is 2.88. The molecule has 1 aromatic rings. The number of pyridine rings is 1. The van der Waals surface area contributed by atoms with Crippen LogP contribution in [0.3, 0.4) is 0 Å². The molecule has 0 unspecified atom stereocenters. The average molecular weight is 410 g/mol. The second-order valence-corrected chi connectivity index (χ2v) is 9.71. The number of aromatic nitrogens is 1. The first kappa shape index (κ1) is 24.2. The van der Waals surface area contributed by atoms with Crippen LogP contribution in [0.1, 0.15) is 52.9 Å². The van der Waals surface area contributed by atoms with Crippen LogP contribution < -0.4 is 0 Å². The van der Waals surface area contributed by atoms with Gasteiger partial charge in [-0.25, -0.2) is 0 Å². The molecule has 2 bridgehead atoms. The average Bonchev–Trinajstić information content (AvgIpc) is 2.62. The van der Waals surface area contributed by atoms with Crippen molar-refractivity contribution in [1.82, 2.24) is 4.98 Å². The SMILES string of the molecule is CC(C)(C)[C@@H]1COCCOCCOC[C@@H](C(C)(C)C)OCc2cccc(n2)CO1. The minimum Gasteiger partial charge on any atom is -0.377 e. The molecule has 6 nitrogen and oxygen atoms in total. The van der Waals surface area contributed by atoms with Crippen LogP contribution in [-0.2, 0) is 36.9 Å². The molecule has 1 aliphatic heterocycles. The smallest absolute Gasteiger partial charge is 0.0893 e. The van der Waals surface area contributed by atoms with E-state index in [1.165, 1.54) is 0 Å². The fourth-order valence-corrected chi connectivity index (χ4v) is 2.88. The highest BCUT2D eigenvalue weighted by Crippen LogP contribution is 2.25. The Morgan fingerprint density at radius 1 is 0.690 bits per heavy atom. The maximum Gasteiger partial charge on any atom is 0.0893 e. The Kier molecular flexibility index (Phi) is 9.50. The van der Waals surface area contributed by atoms with Crippen LogP contribution >= 0.6 is 0 Å². The van der Waals surface area contributed by atoms with Crippen molar-refractivity contribution in [2.45, 2.75) is 67.0 Å². The summed E-state index contributed by atoms with van der Waals surface area (Å²) in [5, 5.41) is 0. The Labute approximate surface area is 176 Å². The van der Waals surface area contributed by atoms with Gasteiger partial charge in [0.2, 0.25) is 0 Å². The Morgan fingerprint density at radius 3 is 1.52 bits per heavy atom. The van der Waals surface area contributed by atoms with E-state index in [1.54, 1.807) is 0 Å². The molecule has 1 aliphatic rings. The molecule has 0 fully saturated rings. The monoisotopic (exact) mass is 409 g/mol. The van der Waals surface area contributed by atoms with Crippen molar-refractivity contribution in [2.24, 2.45) is 10.8 Å². The molecular weight excluding hydrogens is 370 g/mol. The molecule has 1 aromatic heterocycles. The van der Waals surface area contributed by atoms with Crippen molar-refractivity contribution in [3.63, 3.8) is 0 Å². The van der Waals surface area contributed by atoms with Crippen LogP contribution in [0.4, 0.5) is 0 Å². The zero-order valence-corrected chi connectivity index (χ0v) is 19.0. The Bertz CT molecular complexity index is 546. The topological polar surface area (TPSA) is 59.0 Å². The summed E-state index contributed by atoms with van der Waals surface area (Å²) in [6.07, 6.45) is -0.0617. The van der Waals surface area contributed by atoms with E-state index in [4.69, 9.17) is 28.7 Å². The molecule has 0 aliphatic carbocycles. The van der Waals surface area contributed by atoms with Gasteiger partial charge in [-0.2, -0.15) is 0 Å². The second kappa shape index (κ2) is 11.4. The summed E-state index contributed by atoms with van der Waals surface area (Å²) in [5.74, 6) is 0. The second-order valence-electron chi connectivity index (χ2n) is 9.71. The van der Waals surface area contributed by atoms with Crippen molar-refractivity contribution in [3.05, 3.63) is 29.6 Å². The zero-order chi connectivity index (χ0) is 21.3. The zero-order valence-electron chi connectivity index (χ0n) is 19.0. The molecule has 0 amide bonds. The molecule has 2 rings (SSSR count). The summed E-state index contributed by atoms with van der Waals surface area (Å²) in [5.41, 5.74) is 1.73. The Morgan fingerprint density at radius 2 is 1.10 bits per heavy atom. The maximum atomic E-state index is 6.18. The number of hydrogen-bond donors (Lipinski definition) is 0. The van der Waals surface area contributed by atoms with Gasteiger partial charge in [-0.3, -0.25) is 4.98 Å². The largest absolute Gasteiger partial charge is 0.377 e. The van der Waals surface area contributed by atoms with E-state index in [-0.39, 0.29) is 23.0 Å². The standard InChI is InChI=1S/C23H39NO5/c1-22(2,3)20-16-26-12-10-25-11-13-27-17-21(23(4,5)6)29-15-19-9-7-8-18(24-19)14-28-20/h7-9,20-21H,10-17H2,1-6H3/t20-,21-/m0/s1. The van der Waals surface area contributed by atoms with Crippen molar-refractivity contribution < 1.29 is 23.7 Å². The summed E-state index contributed by atoms with van der Waals surface area (Å²) in [4.78, 5) is 4.72. The molecular formula is C23H39NO5. The van der Waals surface area contributed by atoms with Crippen LogP contribution in [0, 0.1) is 10.8 Å². The lowest BCUT2D eigenvalue weighted by atomic mass is 9.89. The number of ether oxygens (including phenoxy) is 5. The molecule has 0 saturated heterocycles. The van der Waals surface area contributed by atoms with Crippen molar-refractivity contribution in [3.8, 4) is 0 Å². The molecule has 0 spiro atoms. The van der Waals surface area contributed by atoms with Crippen LogP contribution in [-0.4, -0.2) is 56.8 Å². The number of hydrogen-bond acceptors (Lipinski definition) is 6. The summed E-state index contributed by atoms with van der Waals surface area (Å²) in [6.45, 7) is 17.1. The molecule has 0 aromatic carbocycles. The van der Waals surface area contributed by atoms with Crippen LogP contribution in [0.25, 0.3) is 0 Å². The van der Waals surface area contributed by atoms with Crippen molar-refractivity contribution in [1.29, 1.82) is 0 Å². The third-order valence-corrected chi connectivity index (χ3v) is 4.94. The maximum absolute atomic E-state index is 6.18. The van der Waals surface area contributed by atoms with Gasteiger partial charge in [-0.1, -0.05) is 47.6 Å². The van der Waals surface area contributed by atoms with E-state index in [0.717, 1.165) is 11.4 Å². The van der Waals surface area contributed by atoms with E-state index in [9.17, 15) is 0 Å². The van der Waals surface area contributed by atoms with E-state index < -0.39 is 0 Å². The van der Waals surface area contributed by atoms with Gasteiger partial charge in [0.15, 0.2) is 0 Å². The van der Waals surface area contributed by atoms with Gasteiger partial charge >= 0.3 is 0 Å². The third-order valence-electron chi connectivity index (χ3n) is 4.94.